The van der Waals surface area contributed by atoms with Gasteiger partial charge < -0.3 is 9.47 Å². The van der Waals surface area contributed by atoms with Crippen molar-refractivity contribution in [1.82, 2.24) is 4.98 Å². The molecular formula is C20H19NO2. The van der Waals surface area contributed by atoms with E-state index in [4.69, 9.17) is 9.47 Å². The van der Waals surface area contributed by atoms with Gasteiger partial charge in [0.2, 0.25) is 0 Å². The number of nitrogens with zero attached hydrogens (tertiary/aromatic N) is 1. The number of hydrogen-bond donors (Lipinski definition) is 0. The molecule has 0 aliphatic heterocycles. The number of pyridine rings is 1. The Morgan fingerprint density at radius 1 is 0.783 bits per heavy atom. The van der Waals surface area contributed by atoms with Crippen molar-refractivity contribution in [2.75, 3.05) is 14.2 Å². The lowest BCUT2D eigenvalue weighted by atomic mass is 9.98. The van der Waals surface area contributed by atoms with Crippen LogP contribution in [-0.4, -0.2) is 19.2 Å². The van der Waals surface area contributed by atoms with Crippen LogP contribution in [0.3, 0.4) is 0 Å². The number of ether oxygens (including phenoxy) is 2. The molecule has 0 saturated heterocycles. The molecular weight excluding hydrogens is 286 g/mol. The molecule has 0 N–H and O–H groups in total. The number of rotatable bonds is 5. The quantitative estimate of drug-likeness (QED) is 0.696. The number of methoxy groups -OCH3 is 2. The first-order chi connectivity index (χ1) is 11.3. The second-order valence-electron chi connectivity index (χ2n) is 5.25. The molecule has 1 heterocycles. The second-order valence-corrected chi connectivity index (χ2v) is 5.25. The second kappa shape index (κ2) is 7.07. The Kier molecular flexibility index (Phi) is 4.69. The first-order valence-corrected chi connectivity index (χ1v) is 7.49. The van der Waals surface area contributed by atoms with Crippen LogP contribution in [0, 0.1) is 0 Å². The molecule has 2 aromatic carbocycles. The Morgan fingerprint density at radius 3 is 2.13 bits per heavy atom. The molecule has 1 aromatic heterocycles. The predicted molar refractivity (Wildman–Crippen MR) is 91.5 cm³/mol. The van der Waals surface area contributed by atoms with E-state index in [9.17, 15) is 0 Å². The van der Waals surface area contributed by atoms with Gasteiger partial charge in [0.25, 0.3) is 0 Å². The van der Waals surface area contributed by atoms with E-state index in [-0.39, 0.29) is 6.10 Å². The summed E-state index contributed by atoms with van der Waals surface area (Å²) < 4.78 is 10.9. The zero-order valence-electron chi connectivity index (χ0n) is 13.3. The van der Waals surface area contributed by atoms with E-state index >= 15 is 0 Å². The Labute approximate surface area is 136 Å². The van der Waals surface area contributed by atoms with Crippen LogP contribution in [0.25, 0.3) is 11.1 Å². The SMILES string of the molecule is COc1cccc(-c2ccc([C@@H](OC)c3ccncc3)cc2)c1. The van der Waals surface area contributed by atoms with Gasteiger partial charge in [0, 0.05) is 19.5 Å². The summed E-state index contributed by atoms with van der Waals surface area (Å²) in [5.41, 5.74) is 4.49. The number of aromatic nitrogens is 1. The van der Waals surface area contributed by atoms with Crippen LogP contribution in [0.1, 0.15) is 17.2 Å². The summed E-state index contributed by atoms with van der Waals surface area (Å²) in [6, 6.07) is 20.4. The summed E-state index contributed by atoms with van der Waals surface area (Å²) in [6.07, 6.45) is 3.48. The van der Waals surface area contributed by atoms with Gasteiger partial charge in [-0.2, -0.15) is 0 Å². The number of hydrogen-bond acceptors (Lipinski definition) is 3. The molecule has 0 amide bonds. The first kappa shape index (κ1) is 15.3. The topological polar surface area (TPSA) is 31.4 Å². The van der Waals surface area contributed by atoms with E-state index in [1.165, 1.54) is 0 Å². The molecule has 0 saturated carbocycles. The average Bonchev–Trinajstić information content (AvgIpc) is 2.64. The summed E-state index contributed by atoms with van der Waals surface area (Å²) in [6.45, 7) is 0. The number of benzene rings is 2. The molecule has 0 bridgehead atoms. The van der Waals surface area contributed by atoms with Crippen LogP contribution in [0.2, 0.25) is 0 Å². The Bertz CT molecular complexity index is 754. The lowest BCUT2D eigenvalue weighted by Crippen LogP contribution is -2.03. The van der Waals surface area contributed by atoms with Gasteiger partial charge in [-0.15, -0.1) is 0 Å². The lowest BCUT2D eigenvalue weighted by Gasteiger charge is -2.16. The van der Waals surface area contributed by atoms with Crippen molar-refractivity contribution in [2.45, 2.75) is 6.10 Å². The zero-order valence-corrected chi connectivity index (χ0v) is 13.3. The summed E-state index contributed by atoms with van der Waals surface area (Å²) in [4.78, 5) is 4.06. The van der Waals surface area contributed by atoms with Gasteiger partial charge in [-0.1, -0.05) is 36.4 Å². The minimum absolute atomic E-state index is 0.0858. The van der Waals surface area contributed by atoms with Crippen LogP contribution in [0.15, 0.2) is 73.1 Å². The van der Waals surface area contributed by atoms with Crippen molar-refractivity contribution in [3.63, 3.8) is 0 Å². The van der Waals surface area contributed by atoms with Crippen LogP contribution in [0.5, 0.6) is 5.75 Å². The molecule has 0 aliphatic rings. The van der Waals surface area contributed by atoms with Gasteiger partial charge in [-0.05, 0) is 46.5 Å². The highest BCUT2D eigenvalue weighted by molar-refractivity contribution is 5.65. The Hall–Kier alpha value is -2.65. The van der Waals surface area contributed by atoms with Gasteiger partial charge in [0.05, 0.1) is 7.11 Å². The standard InChI is InChI=1S/C20H19NO2/c1-22-19-5-3-4-18(14-19)15-6-8-16(9-7-15)20(23-2)17-10-12-21-13-11-17/h3-14,20H,1-2H3/t20-/m1/s1. The van der Waals surface area contributed by atoms with Gasteiger partial charge >= 0.3 is 0 Å². The summed E-state index contributed by atoms with van der Waals surface area (Å²) in [5, 5.41) is 0. The Balaban J connectivity index is 1.89. The highest BCUT2D eigenvalue weighted by atomic mass is 16.5. The molecule has 1 atom stereocenters. The molecule has 3 heteroatoms. The normalized spacial score (nSPS) is 11.9. The molecule has 0 aliphatic carbocycles. The maximum absolute atomic E-state index is 5.66. The summed E-state index contributed by atoms with van der Waals surface area (Å²) >= 11 is 0. The van der Waals surface area contributed by atoms with Crippen molar-refractivity contribution in [2.24, 2.45) is 0 Å². The zero-order chi connectivity index (χ0) is 16.1. The van der Waals surface area contributed by atoms with E-state index in [0.717, 1.165) is 28.0 Å². The van der Waals surface area contributed by atoms with Gasteiger partial charge in [-0.25, -0.2) is 0 Å². The van der Waals surface area contributed by atoms with Crippen LogP contribution < -0.4 is 4.74 Å². The van der Waals surface area contributed by atoms with Gasteiger partial charge in [0.1, 0.15) is 11.9 Å². The molecule has 0 spiro atoms. The van der Waals surface area contributed by atoms with Crippen LogP contribution >= 0.6 is 0 Å². The third kappa shape index (κ3) is 3.41. The molecule has 116 valence electrons. The molecule has 0 fully saturated rings. The van der Waals surface area contributed by atoms with E-state index in [1.807, 2.05) is 30.3 Å². The highest BCUT2D eigenvalue weighted by Gasteiger charge is 2.13. The smallest absolute Gasteiger partial charge is 0.119 e. The monoisotopic (exact) mass is 305 g/mol. The van der Waals surface area contributed by atoms with E-state index in [2.05, 4.69) is 35.3 Å². The third-order valence-corrected chi connectivity index (χ3v) is 3.86. The molecule has 0 unspecified atom stereocenters. The third-order valence-electron chi connectivity index (χ3n) is 3.86. The maximum Gasteiger partial charge on any atom is 0.119 e. The molecule has 0 radical (unpaired) electrons. The fourth-order valence-corrected chi connectivity index (χ4v) is 2.66. The van der Waals surface area contributed by atoms with Gasteiger partial charge in [-0.3, -0.25) is 4.98 Å². The Morgan fingerprint density at radius 2 is 1.48 bits per heavy atom. The van der Waals surface area contributed by atoms with E-state index in [1.54, 1.807) is 26.6 Å². The fourth-order valence-electron chi connectivity index (χ4n) is 2.66. The molecule has 3 nitrogen and oxygen atoms in total. The first-order valence-electron chi connectivity index (χ1n) is 7.49. The van der Waals surface area contributed by atoms with Crippen molar-refractivity contribution in [3.8, 4) is 16.9 Å². The van der Waals surface area contributed by atoms with Crippen molar-refractivity contribution in [3.05, 3.63) is 84.2 Å². The minimum Gasteiger partial charge on any atom is -0.497 e. The predicted octanol–water partition coefficient (Wildman–Crippen LogP) is 4.49. The molecule has 23 heavy (non-hydrogen) atoms. The van der Waals surface area contributed by atoms with Crippen molar-refractivity contribution < 1.29 is 9.47 Å². The van der Waals surface area contributed by atoms with Gasteiger partial charge in [0.15, 0.2) is 0 Å². The van der Waals surface area contributed by atoms with E-state index < -0.39 is 0 Å². The van der Waals surface area contributed by atoms with Crippen molar-refractivity contribution in [1.29, 1.82) is 0 Å². The molecule has 3 rings (SSSR count). The minimum atomic E-state index is -0.0858. The highest BCUT2D eigenvalue weighted by Crippen LogP contribution is 2.28. The van der Waals surface area contributed by atoms with Crippen LogP contribution in [0.4, 0.5) is 0 Å². The molecule has 3 aromatic rings. The lowest BCUT2D eigenvalue weighted by molar-refractivity contribution is 0.136. The van der Waals surface area contributed by atoms with E-state index in [0.29, 0.717) is 0 Å². The largest absolute Gasteiger partial charge is 0.497 e. The fraction of sp³-hybridized carbons (Fsp3) is 0.150. The summed E-state index contributed by atoms with van der Waals surface area (Å²) in [5.74, 6) is 0.859. The van der Waals surface area contributed by atoms with Crippen LogP contribution in [-0.2, 0) is 4.74 Å². The van der Waals surface area contributed by atoms with Crippen molar-refractivity contribution >= 4 is 0 Å². The maximum atomic E-state index is 5.66. The average molecular weight is 305 g/mol. The summed E-state index contributed by atoms with van der Waals surface area (Å²) in [7, 11) is 3.40.